The van der Waals surface area contributed by atoms with Crippen LogP contribution in [0.2, 0.25) is 0 Å². The Morgan fingerprint density at radius 1 is 1.55 bits per heavy atom. The summed E-state index contributed by atoms with van der Waals surface area (Å²) in [4.78, 5) is 0. The standard InChI is InChI=1S/C8H13ClO2/c9-4-7(10)6-3-5-1-2-8(6)11-5/h5-8,10H,1-4H2/t5?,6?,7-,8?/m1/s1. The summed E-state index contributed by atoms with van der Waals surface area (Å²) >= 11 is 5.56. The van der Waals surface area contributed by atoms with Crippen molar-refractivity contribution in [3.8, 4) is 0 Å². The van der Waals surface area contributed by atoms with Crippen molar-refractivity contribution in [3.63, 3.8) is 0 Å². The van der Waals surface area contributed by atoms with E-state index in [0.717, 1.165) is 12.8 Å². The lowest BCUT2D eigenvalue weighted by Gasteiger charge is -2.22. The molecule has 2 fully saturated rings. The van der Waals surface area contributed by atoms with Gasteiger partial charge in [0.1, 0.15) is 0 Å². The van der Waals surface area contributed by atoms with E-state index in [0.29, 0.717) is 24.0 Å². The second kappa shape index (κ2) is 2.92. The maximum atomic E-state index is 9.47. The highest BCUT2D eigenvalue weighted by Gasteiger charge is 2.43. The van der Waals surface area contributed by atoms with Gasteiger partial charge in [0, 0.05) is 11.8 Å². The van der Waals surface area contributed by atoms with Crippen molar-refractivity contribution in [2.45, 2.75) is 37.6 Å². The van der Waals surface area contributed by atoms with E-state index in [9.17, 15) is 5.11 Å². The number of aliphatic hydroxyl groups excluding tert-OH is 1. The Morgan fingerprint density at radius 2 is 2.36 bits per heavy atom. The van der Waals surface area contributed by atoms with Crippen molar-refractivity contribution in [2.75, 3.05) is 5.88 Å². The number of fused-ring (bicyclic) bond motifs is 2. The molecule has 3 heteroatoms. The second-order valence-electron chi connectivity index (χ2n) is 3.50. The Kier molecular flexibility index (Phi) is 2.08. The highest BCUT2D eigenvalue weighted by Crippen LogP contribution is 2.40. The lowest BCUT2D eigenvalue weighted by molar-refractivity contribution is 0.0525. The zero-order chi connectivity index (χ0) is 7.84. The third kappa shape index (κ3) is 1.28. The smallest absolute Gasteiger partial charge is 0.0729 e. The Balaban J connectivity index is 1.96. The van der Waals surface area contributed by atoms with Crippen molar-refractivity contribution < 1.29 is 9.84 Å². The van der Waals surface area contributed by atoms with Crippen LogP contribution in [0.3, 0.4) is 0 Å². The van der Waals surface area contributed by atoms with Crippen molar-refractivity contribution in [1.29, 1.82) is 0 Å². The summed E-state index contributed by atoms with van der Waals surface area (Å²) in [6.07, 6.45) is 3.67. The first-order valence-electron chi connectivity index (χ1n) is 4.20. The predicted octanol–water partition coefficient (Wildman–Crippen LogP) is 1.15. The lowest BCUT2D eigenvalue weighted by Crippen LogP contribution is -2.30. The van der Waals surface area contributed by atoms with Gasteiger partial charge in [-0.15, -0.1) is 11.6 Å². The number of alkyl halides is 1. The molecule has 2 bridgehead atoms. The fourth-order valence-corrected chi connectivity index (χ4v) is 2.43. The van der Waals surface area contributed by atoms with Crippen molar-refractivity contribution >= 4 is 11.6 Å². The van der Waals surface area contributed by atoms with Gasteiger partial charge in [-0.3, -0.25) is 0 Å². The molecule has 4 atom stereocenters. The Bertz CT molecular complexity index is 151. The molecule has 3 unspecified atom stereocenters. The molecule has 2 saturated heterocycles. The average molecular weight is 177 g/mol. The van der Waals surface area contributed by atoms with Crippen molar-refractivity contribution in [3.05, 3.63) is 0 Å². The molecule has 2 heterocycles. The van der Waals surface area contributed by atoms with E-state index in [-0.39, 0.29) is 6.10 Å². The van der Waals surface area contributed by atoms with E-state index in [2.05, 4.69) is 0 Å². The first-order valence-corrected chi connectivity index (χ1v) is 4.74. The van der Waals surface area contributed by atoms with Crippen molar-refractivity contribution in [1.82, 2.24) is 0 Å². The van der Waals surface area contributed by atoms with Gasteiger partial charge in [-0.1, -0.05) is 0 Å². The molecular weight excluding hydrogens is 164 g/mol. The van der Waals surface area contributed by atoms with Crippen molar-refractivity contribution in [2.24, 2.45) is 5.92 Å². The van der Waals surface area contributed by atoms with Crippen LogP contribution in [0.25, 0.3) is 0 Å². The Morgan fingerprint density at radius 3 is 2.82 bits per heavy atom. The van der Waals surface area contributed by atoms with Gasteiger partial charge in [0.25, 0.3) is 0 Å². The molecule has 0 aliphatic carbocycles. The molecule has 0 spiro atoms. The van der Waals surface area contributed by atoms with Crippen LogP contribution in [0, 0.1) is 5.92 Å². The number of rotatable bonds is 2. The summed E-state index contributed by atoms with van der Waals surface area (Å²) in [5.41, 5.74) is 0. The van der Waals surface area contributed by atoms with E-state index in [4.69, 9.17) is 16.3 Å². The first kappa shape index (κ1) is 7.84. The number of hydrogen-bond acceptors (Lipinski definition) is 2. The van der Waals surface area contributed by atoms with Crippen LogP contribution in [0.15, 0.2) is 0 Å². The molecule has 1 N–H and O–H groups in total. The van der Waals surface area contributed by atoms with E-state index >= 15 is 0 Å². The summed E-state index contributed by atoms with van der Waals surface area (Å²) in [6, 6.07) is 0. The van der Waals surface area contributed by atoms with Gasteiger partial charge in [-0.05, 0) is 19.3 Å². The summed E-state index contributed by atoms with van der Waals surface area (Å²) in [6.45, 7) is 0. The van der Waals surface area contributed by atoms with Gasteiger partial charge >= 0.3 is 0 Å². The summed E-state index contributed by atoms with van der Waals surface area (Å²) in [5.74, 6) is 0.656. The molecule has 2 aliphatic heterocycles. The molecule has 0 saturated carbocycles. The van der Waals surface area contributed by atoms with Crippen LogP contribution < -0.4 is 0 Å². The van der Waals surface area contributed by atoms with Gasteiger partial charge in [0.2, 0.25) is 0 Å². The maximum Gasteiger partial charge on any atom is 0.0729 e. The fraction of sp³-hybridized carbons (Fsp3) is 1.00. The fourth-order valence-electron chi connectivity index (χ4n) is 2.20. The summed E-state index contributed by atoms with van der Waals surface area (Å²) in [5, 5.41) is 9.47. The molecule has 11 heavy (non-hydrogen) atoms. The molecule has 0 amide bonds. The molecule has 2 rings (SSSR count). The quantitative estimate of drug-likeness (QED) is 0.640. The van der Waals surface area contributed by atoms with Gasteiger partial charge in [0.15, 0.2) is 0 Å². The highest BCUT2D eigenvalue weighted by atomic mass is 35.5. The van der Waals surface area contributed by atoms with Crippen LogP contribution in [-0.2, 0) is 4.74 Å². The van der Waals surface area contributed by atoms with Crippen LogP contribution in [0.4, 0.5) is 0 Å². The summed E-state index contributed by atoms with van der Waals surface area (Å²) < 4.78 is 5.59. The number of aliphatic hydroxyl groups is 1. The maximum absolute atomic E-state index is 9.47. The minimum atomic E-state index is -0.355. The Hall–Kier alpha value is 0.210. The minimum absolute atomic E-state index is 0.300. The number of hydrogen-bond donors (Lipinski definition) is 1. The molecule has 0 aromatic carbocycles. The van der Waals surface area contributed by atoms with Gasteiger partial charge < -0.3 is 9.84 Å². The van der Waals surface area contributed by atoms with E-state index in [1.165, 1.54) is 6.42 Å². The van der Waals surface area contributed by atoms with Crippen LogP contribution in [0.5, 0.6) is 0 Å². The predicted molar refractivity (Wildman–Crippen MR) is 42.7 cm³/mol. The first-order chi connectivity index (χ1) is 5.31. The number of ether oxygens (including phenoxy) is 1. The molecule has 0 aromatic heterocycles. The number of halogens is 1. The monoisotopic (exact) mass is 176 g/mol. The third-order valence-corrected chi connectivity index (χ3v) is 3.12. The molecule has 64 valence electrons. The topological polar surface area (TPSA) is 29.5 Å². The largest absolute Gasteiger partial charge is 0.391 e. The molecule has 2 aliphatic rings. The highest BCUT2D eigenvalue weighted by molar-refractivity contribution is 6.18. The molecular formula is C8H13ClO2. The summed E-state index contributed by atoms with van der Waals surface area (Å²) in [7, 11) is 0. The Labute approximate surface area is 71.5 Å². The zero-order valence-corrected chi connectivity index (χ0v) is 7.13. The zero-order valence-electron chi connectivity index (χ0n) is 6.37. The van der Waals surface area contributed by atoms with Crippen LogP contribution >= 0.6 is 11.6 Å². The van der Waals surface area contributed by atoms with E-state index in [1.807, 2.05) is 0 Å². The van der Waals surface area contributed by atoms with Gasteiger partial charge in [0.05, 0.1) is 18.3 Å². The SMILES string of the molecule is O[C@H](CCl)C1CC2CCC1O2. The van der Waals surface area contributed by atoms with Gasteiger partial charge in [-0.25, -0.2) is 0 Å². The van der Waals surface area contributed by atoms with E-state index < -0.39 is 0 Å². The minimum Gasteiger partial charge on any atom is -0.391 e. The third-order valence-electron chi connectivity index (χ3n) is 2.81. The lowest BCUT2D eigenvalue weighted by atomic mass is 9.86. The van der Waals surface area contributed by atoms with Crippen LogP contribution in [0.1, 0.15) is 19.3 Å². The van der Waals surface area contributed by atoms with Gasteiger partial charge in [-0.2, -0.15) is 0 Å². The van der Waals surface area contributed by atoms with E-state index in [1.54, 1.807) is 0 Å². The average Bonchev–Trinajstić information content (AvgIpc) is 2.62. The molecule has 0 radical (unpaired) electrons. The molecule has 0 aromatic rings. The van der Waals surface area contributed by atoms with Crippen LogP contribution in [-0.4, -0.2) is 29.3 Å². The second-order valence-corrected chi connectivity index (χ2v) is 3.80. The normalized spacial score (nSPS) is 44.7. The molecule has 2 nitrogen and oxygen atoms in total.